The molecule has 1 aromatic carbocycles. The van der Waals surface area contributed by atoms with Gasteiger partial charge < -0.3 is 48.5 Å². The number of hydrogen-bond donors (Lipinski definition) is 3. The molecular weight excluding hydrogens is 983 g/mol. The van der Waals surface area contributed by atoms with Crippen LogP contribution in [0.3, 0.4) is 0 Å². The number of imidazole rings is 1. The van der Waals surface area contributed by atoms with Crippen LogP contribution in [0, 0.1) is 35.5 Å². The van der Waals surface area contributed by atoms with Crippen molar-refractivity contribution in [1.82, 2.24) is 14.9 Å². The number of cyclic esters (lactones) is 1. The van der Waals surface area contributed by atoms with Crippen molar-refractivity contribution in [3.8, 4) is 11.3 Å². The first kappa shape index (κ1) is 61.3. The van der Waals surface area contributed by atoms with E-state index in [-0.39, 0.29) is 67.5 Å². The highest BCUT2D eigenvalue weighted by atomic mass is 16.6. The van der Waals surface area contributed by atoms with Crippen LogP contribution in [0.1, 0.15) is 131 Å². The Bertz CT molecular complexity index is 2410. The Labute approximate surface area is 456 Å². The lowest BCUT2D eigenvalue weighted by atomic mass is 9.78. The number of rotatable bonds is 10. The molecule has 3 fully saturated rings. The number of esters is 1. The third-order valence-corrected chi connectivity index (χ3v) is 16.6. The van der Waals surface area contributed by atoms with Crippen molar-refractivity contribution < 1.29 is 62.6 Å². The highest BCUT2D eigenvalue weighted by molar-refractivity contribution is 6.39. The number of benzene rings is 1. The fourth-order valence-electron chi connectivity index (χ4n) is 11.7. The van der Waals surface area contributed by atoms with Crippen LogP contribution < -0.4 is 0 Å². The maximum Gasteiger partial charge on any atom is 0.329 e. The monoisotopic (exact) mass is 1070 g/mol. The number of nitrogens with one attached hydrogen (secondary N) is 1. The molecule has 2 saturated heterocycles. The molecule has 6 rings (SSSR count). The number of ether oxygens (including phenoxy) is 6. The highest BCUT2D eigenvalue weighted by Gasteiger charge is 2.53. The minimum absolute atomic E-state index is 0.0117. The molecule has 77 heavy (non-hydrogen) atoms. The van der Waals surface area contributed by atoms with E-state index in [1.54, 1.807) is 47.3 Å². The molecule has 4 heterocycles. The number of carbonyl (C=O) groups excluding carboxylic acids is 5. The summed E-state index contributed by atoms with van der Waals surface area (Å²) in [5.41, 5.74) is 3.20. The van der Waals surface area contributed by atoms with Crippen LogP contribution in [0.25, 0.3) is 11.3 Å². The van der Waals surface area contributed by atoms with Crippen LogP contribution in [0.4, 0.5) is 0 Å². The molecule has 0 radical (unpaired) electrons. The predicted octanol–water partition coefficient (Wildman–Crippen LogP) is 8.80. The molecule has 1 aromatic heterocycles. The number of carbonyl (C=O) groups is 5. The molecule has 1 aliphatic carbocycles. The Morgan fingerprint density at radius 2 is 1.61 bits per heavy atom. The first-order chi connectivity index (χ1) is 36.8. The summed E-state index contributed by atoms with van der Waals surface area (Å²) < 4.78 is 36.5. The summed E-state index contributed by atoms with van der Waals surface area (Å²) in [7, 11) is 4.64. The van der Waals surface area contributed by atoms with E-state index >= 15 is 0 Å². The molecule has 4 aliphatic rings. The topological polar surface area (TPSA) is 213 Å². The Balaban J connectivity index is 1.24. The van der Waals surface area contributed by atoms with E-state index in [2.05, 4.69) is 9.97 Å². The molecule has 3 N–H and O–H groups in total. The van der Waals surface area contributed by atoms with E-state index in [1.807, 2.05) is 88.4 Å². The van der Waals surface area contributed by atoms with Crippen LogP contribution in [-0.2, 0) is 59.0 Å². The van der Waals surface area contributed by atoms with E-state index in [0.717, 1.165) is 23.3 Å². The normalized spacial score (nSPS) is 35.9. The minimum Gasteiger partial charge on any atom is -0.460 e. The number of aliphatic hydroxyl groups is 2. The van der Waals surface area contributed by atoms with Crippen LogP contribution >= 0.6 is 0 Å². The number of amides is 1. The van der Waals surface area contributed by atoms with Gasteiger partial charge in [0.1, 0.15) is 42.6 Å². The van der Waals surface area contributed by atoms with E-state index < -0.39 is 77.8 Å². The smallest absolute Gasteiger partial charge is 0.329 e. The SMILES string of the molecule is CO[C@H]1C[C@@H]2CC[C@@H](C)[C@@](O)(O2)C(=O)C(=O)N2CCCC[C@H]2C(=O)O[C@H]([C@H](C)C[C@@H]2CC[C@@H](OCc3ncc(-c4ccccc4)[nH]3)[C@H](OC)C2)CC(=O)[C@H](C)/C=C(\C)[C@@H](O)[C@@H](OC)C(=O)[C@H](C)C[C@H](C)\C=C/C=C/C=C/1C. The van der Waals surface area contributed by atoms with Crippen molar-refractivity contribution in [2.75, 3.05) is 27.9 Å². The lowest BCUT2D eigenvalue weighted by molar-refractivity contribution is -0.265. The number of piperidine rings is 1. The van der Waals surface area contributed by atoms with Crippen molar-refractivity contribution in [2.45, 2.75) is 187 Å². The van der Waals surface area contributed by atoms with E-state index in [1.165, 1.54) is 12.0 Å². The number of nitrogens with zero attached hydrogens (tertiary/aromatic N) is 2. The third kappa shape index (κ3) is 16.1. The number of Topliss-reactive ketones (excluding diaryl/α,β-unsaturated/α-hetero) is 3. The average Bonchev–Trinajstić information content (AvgIpc) is 3.91. The largest absolute Gasteiger partial charge is 0.460 e. The molecule has 424 valence electrons. The number of H-pyrrole nitrogens is 1. The predicted molar refractivity (Wildman–Crippen MR) is 292 cm³/mol. The van der Waals surface area contributed by atoms with E-state index in [0.29, 0.717) is 69.2 Å². The van der Waals surface area contributed by atoms with Crippen LogP contribution in [0.2, 0.25) is 0 Å². The molecule has 2 bridgehead atoms. The maximum atomic E-state index is 14.6. The van der Waals surface area contributed by atoms with E-state index in [4.69, 9.17) is 28.4 Å². The minimum atomic E-state index is -2.44. The van der Waals surface area contributed by atoms with Gasteiger partial charge in [-0.15, -0.1) is 0 Å². The number of ketones is 3. The van der Waals surface area contributed by atoms with Gasteiger partial charge in [0.05, 0.1) is 36.3 Å². The van der Waals surface area contributed by atoms with Gasteiger partial charge in [0, 0.05) is 58.5 Å². The van der Waals surface area contributed by atoms with Crippen molar-refractivity contribution >= 4 is 29.2 Å². The molecule has 3 aliphatic heterocycles. The van der Waals surface area contributed by atoms with Crippen LogP contribution in [0.15, 0.2) is 84.1 Å². The first-order valence-corrected chi connectivity index (χ1v) is 28.0. The zero-order valence-corrected chi connectivity index (χ0v) is 47.2. The van der Waals surface area contributed by atoms with Gasteiger partial charge in [-0.3, -0.25) is 19.2 Å². The van der Waals surface area contributed by atoms with Gasteiger partial charge >= 0.3 is 5.97 Å². The second-order valence-electron chi connectivity index (χ2n) is 22.5. The fraction of sp³-hybridized carbons (Fsp3) is 0.639. The number of hydrogen-bond acceptors (Lipinski definition) is 14. The Hall–Kier alpha value is -4.94. The van der Waals surface area contributed by atoms with Gasteiger partial charge in [-0.05, 0) is 113 Å². The molecule has 1 amide bonds. The van der Waals surface area contributed by atoms with Crippen molar-refractivity contribution in [3.63, 3.8) is 0 Å². The van der Waals surface area contributed by atoms with Crippen molar-refractivity contribution in [2.24, 2.45) is 35.5 Å². The summed E-state index contributed by atoms with van der Waals surface area (Å²) in [5.74, 6) is -7.30. The van der Waals surface area contributed by atoms with Crippen molar-refractivity contribution in [1.29, 1.82) is 0 Å². The molecule has 1 saturated carbocycles. The van der Waals surface area contributed by atoms with Gasteiger partial charge in [-0.2, -0.15) is 0 Å². The summed E-state index contributed by atoms with van der Waals surface area (Å²) in [5, 5.41) is 23.6. The zero-order valence-electron chi connectivity index (χ0n) is 47.2. The second-order valence-corrected chi connectivity index (χ2v) is 22.5. The average molecular weight is 1070 g/mol. The summed E-state index contributed by atoms with van der Waals surface area (Å²) in [6.45, 7) is 13.1. The number of aromatic nitrogens is 2. The Morgan fingerprint density at radius 1 is 0.857 bits per heavy atom. The van der Waals surface area contributed by atoms with Gasteiger partial charge in [0.25, 0.3) is 11.7 Å². The number of aromatic amines is 1. The lowest BCUT2D eigenvalue weighted by Crippen LogP contribution is -2.61. The van der Waals surface area contributed by atoms with Gasteiger partial charge in [-0.25, -0.2) is 9.78 Å². The third-order valence-electron chi connectivity index (χ3n) is 16.6. The van der Waals surface area contributed by atoms with Crippen LogP contribution in [0.5, 0.6) is 0 Å². The molecule has 0 unspecified atom stereocenters. The number of methoxy groups -OCH3 is 3. The molecule has 15 atom stereocenters. The first-order valence-electron chi connectivity index (χ1n) is 28.0. The summed E-state index contributed by atoms with van der Waals surface area (Å²) >= 11 is 0. The molecular formula is C61H87N3O13. The standard InChI is InChI=1S/C61H87N3O13/c1-37-19-13-11-14-20-38(2)51(72-8)33-46-26-24-43(7)61(71,77-46)58(68)59(69)64-28-18-17-23-48(64)60(70)76-52(34-49(65)39(3)30-42(6)56(67)57(74-10)55(66)41(5)29-37)40(4)31-44-25-27-50(53(32-44)73-9)75-36-54-62-35-47(63-54)45-21-15-12-16-22-45/h11-16,19-22,30,35,37,39-41,43-44,46,48,50-53,56-57,67,71H,17-18,23-29,31-34,36H2,1-10H3,(H,62,63)/b14-11+,19-13-,38-20+,42-30+/t37-,39-,40-,41-,43-,44+,46+,48+,50-,51+,52+,53-,56-,57+,61-/m1/s1. The van der Waals surface area contributed by atoms with Crippen molar-refractivity contribution in [3.05, 3.63) is 90.0 Å². The van der Waals surface area contributed by atoms with Gasteiger partial charge in [-0.1, -0.05) is 101 Å². The highest BCUT2D eigenvalue weighted by Crippen LogP contribution is 2.38. The molecule has 2 aromatic rings. The van der Waals surface area contributed by atoms with E-state index in [9.17, 15) is 34.2 Å². The second kappa shape index (κ2) is 28.8. The summed E-state index contributed by atoms with van der Waals surface area (Å²) in [4.78, 5) is 80.7. The van der Waals surface area contributed by atoms with Gasteiger partial charge in [0.15, 0.2) is 5.78 Å². The van der Waals surface area contributed by atoms with Gasteiger partial charge in [0.2, 0.25) is 5.79 Å². The maximum absolute atomic E-state index is 14.6. The number of fused-ring (bicyclic) bond motifs is 3. The number of allylic oxidation sites excluding steroid dienone is 6. The fourth-order valence-corrected chi connectivity index (χ4v) is 11.7. The summed E-state index contributed by atoms with van der Waals surface area (Å²) in [6, 6.07) is 8.79. The molecule has 0 spiro atoms. The lowest BCUT2D eigenvalue weighted by Gasteiger charge is -2.42. The zero-order chi connectivity index (χ0) is 56.0. The Morgan fingerprint density at radius 3 is 2.32 bits per heavy atom. The Kier molecular flexibility index (Phi) is 22.9. The molecule has 16 nitrogen and oxygen atoms in total. The molecule has 16 heteroatoms. The quantitative estimate of drug-likeness (QED) is 0.115. The number of aliphatic hydroxyl groups excluding tert-OH is 1. The summed E-state index contributed by atoms with van der Waals surface area (Å²) in [6.07, 6.45) is 13.8. The van der Waals surface area contributed by atoms with Crippen LogP contribution in [-0.4, -0.2) is 137 Å².